The number of rotatable bonds is 13. The summed E-state index contributed by atoms with van der Waals surface area (Å²) in [6, 6.07) is 66.6. The number of hydrogen-bond acceptors (Lipinski definition) is 3. The average molecular weight is 665 g/mol. The fourth-order valence-corrected chi connectivity index (χ4v) is 6.44. The van der Waals surface area contributed by atoms with Gasteiger partial charge in [-0.15, -0.1) is 0 Å². The van der Waals surface area contributed by atoms with E-state index < -0.39 is 0 Å². The van der Waals surface area contributed by atoms with Gasteiger partial charge in [0.15, 0.2) is 0 Å². The monoisotopic (exact) mass is 664 g/mol. The van der Waals surface area contributed by atoms with Crippen LogP contribution in [0.4, 0.5) is 34.1 Å². The Balaban J connectivity index is 1.08. The Kier molecular flexibility index (Phi) is 10.6. The van der Waals surface area contributed by atoms with Gasteiger partial charge in [0.25, 0.3) is 0 Å². The first-order valence-corrected chi connectivity index (χ1v) is 17.9. The molecule has 1 unspecified atom stereocenters. The minimum Gasteiger partial charge on any atom is -0.489 e. The summed E-state index contributed by atoms with van der Waals surface area (Å²) in [5.74, 6) is 1.41. The molecule has 0 aliphatic carbocycles. The molecule has 0 radical (unpaired) electrons. The number of ether oxygens (including phenoxy) is 1. The van der Waals surface area contributed by atoms with Crippen LogP contribution < -0.4 is 14.5 Å². The number of anilines is 6. The van der Waals surface area contributed by atoms with E-state index in [2.05, 4.69) is 206 Å². The van der Waals surface area contributed by atoms with Gasteiger partial charge in [-0.25, -0.2) is 0 Å². The molecule has 3 heteroatoms. The molecule has 0 heterocycles. The summed E-state index contributed by atoms with van der Waals surface area (Å²) >= 11 is 0. The highest BCUT2D eigenvalue weighted by atomic mass is 16.5. The van der Waals surface area contributed by atoms with Gasteiger partial charge >= 0.3 is 0 Å². The van der Waals surface area contributed by atoms with Gasteiger partial charge in [-0.2, -0.15) is 0 Å². The molecule has 0 saturated heterocycles. The molecular weight excluding hydrogens is 621 g/mol. The number of hydrogen-bond donors (Lipinski definition) is 0. The second-order valence-electron chi connectivity index (χ2n) is 13.0. The minimum absolute atomic E-state index is 0.530. The Morgan fingerprint density at radius 2 is 0.843 bits per heavy atom. The number of para-hydroxylation sites is 3. The maximum atomic E-state index is 6.31. The van der Waals surface area contributed by atoms with Crippen molar-refractivity contribution in [2.45, 2.75) is 39.2 Å². The first kappa shape index (κ1) is 33.4. The molecule has 7 rings (SSSR count). The van der Waals surface area contributed by atoms with E-state index in [1.165, 1.54) is 22.3 Å². The molecule has 0 bridgehead atoms. The van der Waals surface area contributed by atoms with Crippen molar-refractivity contribution < 1.29 is 4.74 Å². The molecule has 51 heavy (non-hydrogen) atoms. The summed E-state index contributed by atoms with van der Waals surface area (Å²) in [5.41, 5.74) is 11.7. The van der Waals surface area contributed by atoms with Gasteiger partial charge in [0.1, 0.15) is 12.4 Å². The molecule has 3 nitrogen and oxygen atoms in total. The predicted octanol–water partition coefficient (Wildman–Crippen LogP) is 13.3. The van der Waals surface area contributed by atoms with Crippen molar-refractivity contribution in [3.63, 3.8) is 0 Å². The SMILES string of the molecule is CCC(C)c1ccc(COc2cccc(N(c3ccccc3)c3ccc(Cc4ccc(N(c5ccccc5)c5ccccc5)cc4)cc3)c2)cc1. The zero-order chi connectivity index (χ0) is 34.8. The molecule has 7 aromatic carbocycles. The maximum absolute atomic E-state index is 6.31. The second kappa shape index (κ2) is 16.1. The molecule has 0 spiro atoms. The third-order valence-electron chi connectivity index (χ3n) is 9.48. The van der Waals surface area contributed by atoms with Crippen molar-refractivity contribution in [3.8, 4) is 5.75 Å². The van der Waals surface area contributed by atoms with Gasteiger partial charge in [-0.1, -0.05) is 123 Å². The molecule has 7 aromatic rings. The highest BCUT2D eigenvalue weighted by molar-refractivity contribution is 5.78. The number of benzene rings is 7. The molecule has 0 aromatic heterocycles. The van der Waals surface area contributed by atoms with Crippen molar-refractivity contribution in [1.82, 2.24) is 0 Å². The lowest BCUT2D eigenvalue weighted by Crippen LogP contribution is -2.10. The van der Waals surface area contributed by atoms with E-state index >= 15 is 0 Å². The summed E-state index contributed by atoms with van der Waals surface area (Å²) in [5, 5.41) is 0. The van der Waals surface area contributed by atoms with Crippen LogP contribution in [0, 0.1) is 0 Å². The fourth-order valence-electron chi connectivity index (χ4n) is 6.44. The zero-order valence-electron chi connectivity index (χ0n) is 29.4. The van der Waals surface area contributed by atoms with Gasteiger partial charge < -0.3 is 14.5 Å². The predicted molar refractivity (Wildman–Crippen MR) is 215 cm³/mol. The third-order valence-corrected chi connectivity index (χ3v) is 9.48. The molecule has 0 saturated carbocycles. The molecule has 0 amide bonds. The van der Waals surface area contributed by atoms with Gasteiger partial charge in [0.2, 0.25) is 0 Å². The molecule has 0 fully saturated rings. The zero-order valence-corrected chi connectivity index (χ0v) is 29.4. The van der Waals surface area contributed by atoms with Crippen molar-refractivity contribution in [1.29, 1.82) is 0 Å². The van der Waals surface area contributed by atoms with Crippen LogP contribution in [0.25, 0.3) is 0 Å². The summed E-state index contributed by atoms with van der Waals surface area (Å²) < 4.78 is 6.31. The standard InChI is InChI=1S/C48H44N2O/c1-3-37(2)41-28-22-40(23-29-41)36-51-48-21-13-20-47(35-48)50(44-18-11-6-12-19-44)46-32-26-39(27-33-46)34-38-24-30-45(31-25-38)49(42-14-7-4-8-15-42)43-16-9-5-10-17-43/h4-33,35,37H,3,34,36H2,1-2H3. The average Bonchev–Trinajstić information content (AvgIpc) is 3.20. The van der Waals surface area contributed by atoms with Crippen LogP contribution in [-0.4, -0.2) is 0 Å². The maximum Gasteiger partial charge on any atom is 0.121 e. The van der Waals surface area contributed by atoms with Crippen molar-refractivity contribution >= 4 is 34.1 Å². The van der Waals surface area contributed by atoms with Crippen molar-refractivity contribution in [3.05, 3.63) is 210 Å². The highest BCUT2D eigenvalue weighted by Crippen LogP contribution is 2.37. The van der Waals surface area contributed by atoms with Gasteiger partial charge in [0.05, 0.1) is 0 Å². The second-order valence-corrected chi connectivity index (χ2v) is 13.0. The van der Waals surface area contributed by atoms with E-state index in [1.54, 1.807) is 0 Å². The summed E-state index contributed by atoms with van der Waals surface area (Å²) in [6.07, 6.45) is 1.99. The third kappa shape index (κ3) is 8.22. The first-order chi connectivity index (χ1) is 25.1. The van der Waals surface area contributed by atoms with Crippen LogP contribution >= 0.6 is 0 Å². The summed E-state index contributed by atoms with van der Waals surface area (Å²) in [6.45, 7) is 5.03. The number of nitrogens with zero attached hydrogens (tertiary/aromatic N) is 2. The molecule has 0 aliphatic heterocycles. The Hall–Kier alpha value is -6.06. The highest BCUT2D eigenvalue weighted by Gasteiger charge is 2.15. The van der Waals surface area contributed by atoms with Crippen molar-refractivity contribution in [2.75, 3.05) is 9.80 Å². The first-order valence-electron chi connectivity index (χ1n) is 17.9. The smallest absolute Gasteiger partial charge is 0.121 e. The van der Waals surface area contributed by atoms with E-state index in [-0.39, 0.29) is 0 Å². The lowest BCUT2D eigenvalue weighted by molar-refractivity contribution is 0.306. The van der Waals surface area contributed by atoms with E-state index in [1.807, 2.05) is 6.07 Å². The molecule has 252 valence electrons. The molecular formula is C48H44N2O. The normalized spacial score (nSPS) is 11.5. The summed E-state index contributed by atoms with van der Waals surface area (Å²) in [7, 11) is 0. The van der Waals surface area contributed by atoms with Crippen LogP contribution in [0.5, 0.6) is 5.75 Å². The summed E-state index contributed by atoms with van der Waals surface area (Å²) in [4.78, 5) is 4.58. The largest absolute Gasteiger partial charge is 0.489 e. The minimum atomic E-state index is 0.530. The van der Waals surface area contributed by atoms with Gasteiger partial charge in [0, 0.05) is 40.2 Å². The van der Waals surface area contributed by atoms with E-state index in [0.717, 1.165) is 52.7 Å². The van der Waals surface area contributed by atoms with Gasteiger partial charge in [-0.3, -0.25) is 0 Å². The molecule has 0 N–H and O–H groups in total. The lowest BCUT2D eigenvalue weighted by Gasteiger charge is -2.26. The topological polar surface area (TPSA) is 15.7 Å². The Bertz CT molecular complexity index is 2060. The van der Waals surface area contributed by atoms with Crippen LogP contribution in [0.15, 0.2) is 188 Å². The van der Waals surface area contributed by atoms with Crippen molar-refractivity contribution in [2.24, 2.45) is 0 Å². The van der Waals surface area contributed by atoms with Crippen LogP contribution in [0.1, 0.15) is 48.4 Å². The molecule has 1 atom stereocenters. The Morgan fingerprint density at radius 3 is 1.31 bits per heavy atom. The quantitative estimate of drug-likeness (QED) is 0.122. The van der Waals surface area contributed by atoms with Crippen LogP contribution in [0.2, 0.25) is 0 Å². The van der Waals surface area contributed by atoms with Crippen LogP contribution in [0.3, 0.4) is 0 Å². The van der Waals surface area contributed by atoms with E-state index in [0.29, 0.717) is 12.5 Å². The Morgan fingerprint density at radius 1 is 0.431 bits per heavy atom. The van der Waals surface area contributed by atoms with Crippen LogP contribution in [-0.2, 0) is 13.0 Å². The fraction of sp³-hybridized carbons (Fsp3) is 0.125. The Labute approximate surface area is 303 Å². The van der Waals surface area contributed by atoms with Gasteiger partial charge in [-0.05, 0) is 114 Å². The molecule has 0 aliphatic rings. The lowest BCUT2D eigenvalue weighted by atomic mass is 9.98. The van der Waals surface area contributed by atoms with E-state index in [9.17, 15) is 0 Å². The van der Waals surface area contributed by atoms with E-state index in [4.69, 9.17) is 4.74 Å².